The number of benzene rings is 1. The molecule has 104 valence electrons. The highest BCUT2D eigenvalue weighted by molar-refractivity contribution is 9.10. The molecule has 0 spiro atoms. The summed E-state index contributed by atoms with van der Waals surface area (Å²) in [5.74, 6) is -3.29. The van der Waals surface area contributed by atoms with Crippen LogP contribution in [0.4, 0.5) is 8.78 Å². The van der Waals surface area contributed by atoms with Gasteiger partial charge in [-0.2, -0.15) is 4.39 Å². The molecule has 0 radical (unpaired) electrons. The van der Waals surface area contributed by atoms with Crippen LogP contribution in [0.1, 0.15) is 5.69 Å². The molecule has 1 aromatic heterocycles. The number of oxime groups is 1. The third-order valence-corrected chi connectivity index (χ3v) is 2.64. The summed E-state index contributed by atoms with van der Waals surface area (Å²) in [5, 5.41) is 11.4. The van der Waals surface area contributed by atoms with Crippen molar-refractivity contribution in [2.75, 3.05) is 0 Å². The van der Waals surface area contributed by atoms with E-state index in [1.54, 1.807) is 0 Å². The van der Waals surface area contributed by atoms with Crippen molar-refractivity contribution in [1.82, 2.24) is 9.97 Å². The van der Waals surface area contributed by atoms with Crippen molar-refractivity contribution in [1.29, 1.82) is 0 Å². The molecule has 20 heavy (non-hydrogen) atoms. The van der Waals surface area contributed by atoms with Crippen LogP contribution < -0.4 is 10.5 Å². The lowest BCUT2D eigenvalue weighted by atomic mass is 10.3. The zero-order valence-electron chi connectivity index (χ0n) is 9.72. The van der Waals surface area contributed by atoms with Crippen molar-refractivity contribution in [3.05, 3.63) is 46.3 Å². The lowest BCUT2D eigenvalue weighted by Crippen LogP contribution is -2.16. The molecule has 0 atom stereocenters. The van der Waals surface area contributed by atoms with Crippen LogP contribution in [0.3, 0.4) is 0 Å². The number of nitrogens with zero attached hydrogens (tertiary/aromatic N) is 3. The molecule has 9 heteroatoms. The number of ether oxygens (including phenoxy) is 1. The Morgan fingerprint density at radius 2 is 2.00 bits per heavy atom. The van der Waals surface area contributed by atoms with Gasteiger partial charge >= 0.3 is 0 Å². The van der Waals surface area contributed by atoms with Crippen molar-refractivity contribution >= 4 is 21.8 Å². The Labute approximate surface area is 120 Å². The maximum Gasteiger partial charge on any atom is 0.249 e. The SMILES string of the molecule is N/C(=N/O)c1nccnc1Oc1cc(Br)cc(F)c1F. The van der Waals surface area contributed by atoms with Crippen molar-refractivity contribution < 1.29 is 18.7 Å². The maximum atomic E-state index is 13.6. The highest BCUT2D eigenvalue weighted by Gasteiger charge is 2.17. The fourth-order valence-electron chi connectivity index (χ4n) is 1.33. The Morgan fingerprint density at radius 3 is 2.70 bits per heavy atom. The summed E-state index contributed by atoms with van der Waals surface area (Å²) in [7, 11) is 0. The van der Waals surface area contributed by atoms with E-state index in [-0.39, 0.29) is 21.9 Å². The second kappa shape index (κ2) is 5.78. The summed E-state index contributed by atoms with van der Waals surface area (Å²) in [6.07, 6.45) is 2.54. The van der Waals surface area contributed by atoms with Gasteiger partial charge < -0.3 is 15.7 Å². The van der Waals surface area contributed by atoms with E-state index < -0.39 is 17.4 Å². The molecule has 6 nitrogen and oxygen atoms in total. The number of aromatic nitrogens is 2. The van der Waals surface area contributed by atoms with Gasteiger partial charge in [-0.1, -0.05) is 21.1 Å². The minimum absolute atomic E-state index is 0.102. The molecule has 0 saturated carbocycles. The van der Waals surface area contributed by atoms with Gasteiger partial charge in [-0.05, 0) is 12.1 Å². The van der Waals surface area contributed by atoms with Crippen LogP contribution in [-0.2, 0) is 0 Å². The second-order valence-corrected chi connectivity index (χ2v) is 4.41. The Bertz CT molecular complexity index is 681. The average molecular weight is 345 g/mol. The van der Waals surface area contributed by atoms with Gasteiger partial charge in [-0.3, -0.25) is 0 Å². The van der Waals surface area contributed by atoms with Crippen LogP contribution in [0.25, 0.3) is 0 Å². The third kappa shape index (κ3) is 2.82. The number of rotatable bonds is 3. The number of hydrogen-bond donors (Lipinski definition) is 2. The van der Waals surface area contributed by atoms with Crippen LogP contribution in [0.2, 0.25) is 0 Å². The molecule has 0 aliphatic heterocycles. The van der Waals surface area contributed by atoms with Gasteiger partial charge in [-0.25, -0.2) is 14.4 Å². The fourth-order valence-corrected chi connectivity index (χ4v) is 1.74. The Hall–Kier alpha value is -2.29. The maximum absolute atomic E-state index is 13.6. The first-order valence-electron chi connectivity index (χ1n) is 5.14. The molecule has 0 aliphatic carbocycles. The largest absolute Gasteiger partial charge is 0.434 e. The van der Waals surface area contributed by atoms with Crippen molar-refractivity contribution in [2.24, 2.45) is 10.9 Å². The van der Waals surface area contributed by atoms with Crippen LogP contribution in [0, 0.1) is 11.6 Å². The van der Waals surface area contributed by atoms with E-state index in [2.05, 4.69) is 31.1 Å². The van der Waals surface area contributed by atoms with Gasteiger partial charge in [0, 0.05) is 16.9 Å². The second-order valence-electron chi connectivity index (χ2n) is 3.50. The van der Waals surface area contributed by atoms with E-state index in [1.165, 1.54) is 18.5 Å². The summed E-state index contributed by atoms with van der Waals surface area (Å²) in [6.45, 7) is 0. The Morgan fingerprint density at radius 1 is 1.30 bits per heavy atom. The minimum atomic E-state index is -1.19. The highest BCUT2D eigenvalue weighted by Crippen LogP contribution is 2.29. The average Bonchev–Trinajstić information content (AvgIpc) is 2.44. The molecule has 0 fully saturated rings. The molecule has 2 rings (SSSR count). The summed E-state index contributed by atoms with van der Waals surface area (Å²) in [5.41, 5.74) is 5.28. The zero-order valence-corrected chi connectivity index (χ0v) is 11.3. The Balaban J connectivity index is 2.46. The van der Waals surface area contributed by atoms with Gasteiger partial charge in [-0.15, -0.1) is 0 Å². The molecular weight excluding hydrogens is 338 g/mol. The van der Waals surface area contributed by atoms with E-state index in [9.17, 15) is 8.78 Å². The monoisotopic (exact) mass is 344 g/mol. The highest BCUT2D eigenvalue weighted by atomic mass is 79.9. The lowest BCUT2D eigenvalue weighted by Gasteiger charge is -2.09. The van der Waals surface area contributed by atoms with Crippen LogP contribution in [-0.4, -0.2) is 21.0 Å². The molecular formula is C11H7BrF2N4O2. The number of hydrogen-bond acceptors (Lipinski definition) is 5. The molecule has 1 heterocycles. The van der Waals surface area contributed by atoms with Gasteiger partial charge in [0.1, 0.15) is 0 Å². The van der Waals surface area contributed by atoms with Crippen molar-refractivity contribution in [2.45, 2.75) is 0 Å². The number of halogens is 3. The summed E-state index contributed by atoms with van der Waals surface area (Å²) < 4.78 is 32.3. The first kappa shape index (κ1) is 14.1. The van der Waals surface area contributed by atoms with E-state index in [0.717, 1.165) is 6.07 Å². The molecule has 2 aromatic rings. The molecule has 0 unspecified atom stereocenters. The van der Waals surface area contributed by atoms with Gasteiger partial charge in [0.15, 0.2) is 23.1 Å². The topological polar surface area (TPSA) is 93.6 Å². The first-order chi connectivity index (χ1) is 9.52. The van der Waals surface area contributed by atoms with Crippen LogP contribution in [0.5, 0.6) is 11.6 Å². The molecule has 1 aromatic carbocycles. The number of amidine groups is 1. The Kier molecular flexibility index (Phi) is 4.08. The lowest BCUT2D eigenvalue weighted by molar-refractivity contribution is 0.318. The van der Waals surface area contributed by atoms with E-state index in [0.29, 0.717) is 0 Å². The normalized spacial score (nSPS) is 11.4. The summed E-state index contributed by atoms with van der Waals surface area (Å²) >= 11 is 3.01. The van der Waals surface area contributed by atoms with Gasteiger partial charge in [0.25, 0.3) is 0 Å². The fraction of sp³-hybridized carbons (Fsp3) is 0. The molecule has 0 aliphatic rings. The van der Waals surface area contributed by atoms with E-state index >= 15 is 0 Å². The molecule has 0 bridgehead atoms. The predicted molar refractivity (Wildman–Crippen MR) is 68.7 cm³/mol. The third-order valence-electron chi connectivity index (χ3n) is 2.18. The number of nitrogens with two attached hydrogens (primary N) is 1. The standard InChI is InChI=1S/C11H7BrF2N4O2/c12-5-3-6(13)8(14)7(4-5)20-11-9(10(15)18-19)16-1-2-17-11/h1-4,19H,(H2,15,18). The predicted octanol–water partition coefficient (Wildman–Crippen LogP) is 2.40. The van der Waals surface area contributed by atoms with Crippen molar-refractivity contribution in [3.63, 3.8) is 0 Å². The smallest absolute Gasteiger partial charge is 0.249 e. The van der Waals surface area contributed by atoms with Gasteiger partial charge in [0.2, 0.25) is 11.7 Å². The molecule has 3 N–H and O–H groups in total. The minimum Gasteiger partial charge on any atom is -0.434 e. The van der Waals surface area contributed by atoms with E-state index in [4.69, 9.17) is 15.7 Å². The first-order valence-corrected chi connectivity index (χ1v) is 5.93. The van der Waals surface area contributed by atoms with E-state index in [1.807, 2.05) is 0 Å². The quantitative estimate of drug-likeness (QED) is 0.293. The van der Waals surface area contributed by atoms with Gasteiger partial charge in [0.05, 0.1) is 0 Å². The molecule has 0 amide bonds. The summed E-state index contributed by atoms with van der Waals surface area (Å²) in [6, 6.07) is 2.16. The van der Waals surface area contributed by atoms with Crippen molar-refractivity contribution in [3.8, 4) is 11.6 Å². The molecule has 0 saturated heterocycles. The zero-order chi connectivity index (χ0) is 14.7. The summed E-state index contributed by atoms with van der Waals surface area (Å²) in [4.78, 5) is 7.57. The van der Waals surface area contributed by atoms with Crippen LogP contribution >= 0.6 is 15.9 Å². The van der Waals surface area contributed by atoms with Crippen LogP contribution in [0.15, 0.2) is 34.2 Å².